The van der Waals surface area contributed by atoms with Gasteiger partial charge in [-0.1, -0.05) is 19.4 Å². The minimum absolute atomic E-state index is 0.0219. The Labute approximate surface area is 166 Å². The second kappa shape index (κ2) is 4.61. The lowest BCUT2D eigenvalue weighted by molar-refractivity contribution is -0.178. The number of rotatable bonds is 0. The van der Waals surface area contributed by atoms with Gasteiger partial charge in [-0.15, -0.1) is 0 Å². The van der Waals surface area contributed by atoms with Crippen LogP contribution in [0, 0.1) is 52.3 Å². The maximum Gasteiger partial charge on any atom is 0.306 e. The van der Waals surface area contributed by atoms with E-state index < -0.39 is 6.10 Å². The van der Waals surface area contributed by atoms with E-state index in [9.17, 15) is 14.7 Å². The van der Waals surface area contributed by atoms with E-state index in [0.29, 0.717) is 48.3 Å². The van der Waals surface area contributed by atoms with E-state index >= 15 is 0 Å². The number of fused-ring (bicyclic) bond motifs is 12. The van der Waals surface area contributed by atoms with Crippen LogP contribution in [0.15, 0.2) is 11.6 Å². The van der Waals surface area contributed by atoms with Crippen LogP contribution in [0.25, 0.3) is 0 Å². The minimum atomic E-state index is -0.822. The van der Waals surface area contributed by atoms with Gasteiger partial charge in [0, 0.05) is 17.8 Å². The molecule has 1 heterocycles. The van der Waals surface area contributed by atoms with E-state index in [1.54, 1.807) is 0 Å². The summed E-state index contributed by atoms with van der Waals surface area (Å²) in [6, 6.07) is 0. The first-order valence-electron chi connectivity index (χ1n) is 11.5. The number of aliphatic hydroxyl groups excluding tert-OH is 1. The molecular weight excluding hydrogens is 352 g/mol. The van der Waals surface area contributed by atoms with Crippen LogP contribution in [0.4, 0.5) is 0 Å². The summed E-state index contributed by atoms with van der Waals surface area (Å²) in [6.45, 7) is 4.79. The predicted octanol–water partition coefficient (Wildman–Crippen LogP) is 3.28. The summed E-state index contributed by atoms with van der Waals surface area (Å²) in [4.78, 5) is 24.4. The van der Waals surface area contributed by atoms with Crippen LogP contribution >= 0.6 is 0 Å². The van der Waals surface area contributed by atoms with Crippen molar-refractivity contribution in [1.29, 1.82) is 0 Å². The van der Waals surface area contributed by atoms with Crippen LogP contribution in [0.3, 0.4) is 0 Å². The number of hydrogen-bond acceptors (Lipinski definition) is 4. The molecule has 0 amide bonds. The first-order valence-corrected chi connectivity index (χ1v) is 11.5. The molecule has 1 spiro atoms. The first kappa shape index (κ1) is 16.6. The number of aliphatic hydroxyl groups is 1. The van der Waals surface area contributed by atoms with Gasteiger partial charge in [0.15, 0.2) is 5.78 Å². The second-order valence-corrected chi connectivity index (χ2v) is 11.7. The Morgan fingerprint density at radius 3 is 2.68 bits per heavy atom. The zero-order valence-electron chi connectivity index (χ0n) is 16.8. The molecule has 6 fully saturated rings. The third-order valence-corrected chi connectivity index (χ3v) is 10.9. The number of hydrogen-bond donors (Lipinski definition) is 1. The van der Waals surface area contributed by atoms with Crippen molar-refractivity contribution in [2.45, 2.75) is 70.5 Å². The van der Waals surface area contributed by atoms with E-state index in [2.05, 4.69) is 13.8 Å². The highest BCUT2D eigenvalue weighted by molar-refractivity contribution is 5.95. The number of ether oxygens (including phenoxy) is 1. The predicted molar refractivity (Wildman–Crippen MR) is 101 cm³/mol. The lowest BCUT2D eigenvalue weighted by Gasteiger charge is -2.60. The quantitative estimate of drug-likeness (QED) is 0.653. The molecule has 4 nitrogen and oxygen atoms in total. The van der Waals surface area contributed by atoms with Gasteiger partial charge in [-0.3, -0.25) is 9.59 Å². The van der Waals surface area contributed by atoms with Gasteiger partial charge in [0.2, 0.25) is 0 Å². The van der Waals surface area contributed by atoms with Crippen molar-refractivity contribution in [1.82, 2.24) is 0 Å². The normalized spacial score (nSPS) is 62.9. The summed E-state index contributed by atoms with van der Waals surface area (Å²) in [5, 5.41) is 10.4. The average Bonchev–Trinajstić information content (AvgIpc) is 3.54. The summed E-state index contributed by atoms with van der Waals surface area (Å²) < 4.78 is 6.19. The molecular formula is C24H30O4. The van der Waals surface area contributed by atoms with E-state index in [0.717, 1.165) is 25.2 Å². The van der Waals surface area contributed by atoms with E-state index in [4.69, 9.17) is 4.74 Å². The van der Waals surface area contributed by atoms with Crippen LogP contribution in [0.2, 0.25) is 0 Å². The van der Waals surface area contributed by atoms with Crippen LogP contribution in [0.5, 0.6) is 0 Å². The van der Waals surface area contributed by atoms with Crippen molar-refractivity contribution >= 4 is 11.8 Å². The zero-order valence-corrected chi connectivity index (χ0v) is 16.8. The molecule has 0 radical (unpaired) electrons. The van der Waals surface area contributed by atoms with Crippen LogP contribution in [-0.2, 0) is 14.3 Å². The third kappa shape index (κ3) is 1.60. The van der Waals surface area contributed by atoms with Crippen molar-refractivity contribution in [2.75, 3.05) is 0 Å². The van der Waals surface area contributed by atoms with Gasteiger partial charge in [-0.05, 0) is 85.5 Å². The third-order valence-electron chi connectivity index (χ3n) is 10.9. The maximum atomic E-state index is 12.2. The van der Waals surface area contributed by atoms with Gasteiger partial charge in [-0.25, -0.2) is 0 Å². The lowest BCUT2D eigenvalue weighted by atomic mass is 9.45. The Kier molecular flexibility index (Phi) is 2.73. The Morgan fingerprint density at radius 2 is 1.93 bits per heavy atom. The molecule has 150 valence electrons. The maximum absolute atomic E-state index is 12.2. The van der Waals surface area contributed by atoms with E-state index in [1.807, 2.05) is 6.08 Å². The average molecular weight is 383 g/mol. The SMILES string of the molecule is C[C@]12C[C@H](O)C(=O)C=C1[C@@H]1C[C@@H]1[C@H]1[C@@H]3[C@@H]4C[C@@H]4[C@@]4(CCC(=O)O4)[C@@]3(C)CC[C@@H]12. The Morgan fingerprint density at radius 1 is 1.11 bits per heavy atom. The Bertz CT molecular complexity index is 861. The highest BCUT2D eigenvalue weighted by Gasteiger charge is 2.81. The van der Waals surface area contributed by atoms with Crippen LogP contribution in [-0.4, -0.2) is 28.6 Å². The van der Waals surface area contributed by atoms with Crippen molar-refractivity contribution in [3.05, 3.63) is 11.6 Å². The standard InChI is InChI=1S/C24H30O4/c1-22-10-18(26)17(25)9-15(22)11-7-12(11)20-14(22)3-5-23(2)21(20)13-8-16(13)24(23)6-4-19(27)28-24/h9,11-14,16,18,20-21,26H,3-8,10H2,1-2H3/t11-,12+,13-,14+,16+,18+,20-,21+,22-,23+,24+/m1/s1. The van der Waals surface area contributed by atoms with Crippen molar-refractivity contribution < 1.29 is 19.4 Å². The monoisotopic (exact) mass is 382 g/mol. The largest absolute Gasteiger partial charge is 0.458 e. The molecule has 0 aromatic carbocycles. The van der Waals surface area contributed by atoms with Crippen molar-refractivity contribution in [3.8, 4) is 0 Å². The summed E-state index contributed by atoms with van der Waals surface area (Å²) in [6.07, 6.45) is 7.90. The topological polar surface area (TPSA) is 63.6 Å². The van der Waals surface area contributed by atoms with Gasteiger partial charge < -0.3 is 9.84 Å². The summed E-state index contributed by atoms with van der Waals surface area (Å²) in [5.41, 5.74) is 1.28. The fourth-order valence-corrected chi connectivity index (χ4v) is 9.80. The van der Waals surface area contributed by atoms with Gasteiger partial charge in [0.25, 0.3) is 0 Å². The fourth-order valence-electron chi connectivity index (χ4n) is 9.80. The molecule has 4 heteroatoms. The van der Waals surface area contributed by atoms with Crippen LogP contribution in [0.1, 0.15) is 58.8 Å². The number of esters is 1. The lowest BCUT2D eigenvalue weighted by Crippen LogP contribution is -2.58. The molecule has 1 saturated heterocycles. The first-order chi connectivity index (χ1) is 13.3. The Hall–Kier alpha value is -1.16. The molecule has 11 atom stereocenters. The van der Waals surface area contributed by atoms with E-state index in [1.165, 1.54) is 18.4 Å². The number of ketones is 1. The van der Waals surface area contributed by atoms with Crippen LogP contribution < -0.4 is 0 Å². The van der Waals surface area contributed by atoms with Crippen molar-refractivity contribution in [2.24, 2.45) is 52.3 Å². The molecule has 28 heavy (non-hydrogen) atoms. The molecule has 7 rings (SSSR count). The summed E-state index contributed by atoms with van der Waals surface area (Å²) in [5.74, 6) is 4.45. The number of allylic oxidation sites excluding steroid dienone is 1. The molecule has 1 N–H and O–H groups in total. The molecule has 0 unspecified atom stereocenters. The molecule has 0 bridgehead atoms. The number of carbonyl (C=O) groups is 2. The Balaban J connectivity index is 1.33. The molecule has 1 aliphatic heterocycles. The number of carbonyl (C=O) groups excluding carboxylic acids is 2. The fraction of sp³-hybridized carbons (Fsp3) is 0.833. The molecule has 0 aromatic rings. The molecule has 6 aliphatic carbocycles. The summed E-state index contributed by atoms with van der Waals surface area (Å²) in [7, 11) is 0. The van der Waals surface area contributed by atoms with Crippen molar-refractivity contribution in [3.63, 3.8) is 0 Å². The highest BCUT2D eigenvalue weighted by atomic mass is 16.6. The molecule has 7 aliphatic rings. The molecule has 5 saturated carbocycles. The van der Waals surface area contributed by atoms with Gasteiger partial charge in [0.1, 0.15) is 11.7 Å². The van der Waals surface area contributed by atoms with Gasteiger partial charge >= 0.3 is 5.97 Å². The highest BCUT2D eigenvalue weighted by Crippen LogP contribution is 2.82. The minimum Gasteiger partial charge on any atom is -0.458 e. The van der Waals surface area contributed by atoms with Gasteiger partial charge in [0.05, 0.1) is 0 Å². The second-order valence-electron chi connectivity index (χ2n) is 11.7. The zero-order chi connectivity index (χ0) is 19.2. The van der Waals surface area contributed by atoms with Gasteiger partial charge in [-0.2, -0.15) is 0 Å². The smallest absolute Gasteiger partial charge is 0.306 e. The molecule has 0 aromatic heterocycles. The summed E-state index contributed by atoms with van der Waals surface area (Å²) >= 11 is 0. The van der Waals surface area contributed by atoms with E-state index in [-0.39, 0.29) is 28.2 Å².